The van der Waals surface area contributed by atoms with Crippen LogP contribution in [0.25, 0.3) is 0 Å². The fraction of sp³-hybridized carbons (Fsp3) is 0.357. The van der Waals surface area contributed by atoms with E-state index in [-0.39, 0.29) is 17.3 Å². The van der Waals surface area contributed by atoms with Gasteiger partial charge in [-0.05, 0) is 12.8 Å². The summed E-state index contributed by atoms with van der Waals surface area (Å²) < 4.78 is 0. The van der Waals surface area contributed by atoms with Crippen LogP contribution in [0, 0.1) is 11.3 Å². The van der Waals surface area contributed by atoms with E-state index in [1.807, 2.05) is 11.0 Å². The maximum atomic E-state index is 11.8. The number of H-pyrrole nitrogens is 1. The third-order valence-corrected chi connectivity index (χ3v) is 3.53. The lowest BCUT2D eigenvalue weighted by Crippen LogP contribution is -2.44. The molecule has 8 heteroatoms. The number of nitrogens with zero attached hydrogens (tertiary/aromatic N) is 5. The molecular formula is C14H15N7O. The van der Waals surface area contributed by atoms with Crippen molar-refractivity contribution >= 4 is 11.6 Å². The predicted molar refractivity (Wildman–Crippen MR) is 80.5 cm³/mol. The Morgan fingerprint density at radius 3 is 3.00 bits per heavy atom. The minimum absolute atomic E-state index is 0.150. The lowest BCUT2D eigenvalue weighted by molar-refractivity contribution is 0.524. The van der Waals surface area contributed by atoms with Gasteiger partial charge in [0.15, 0.2) is 11.5 Å². The van der Waals surface area contributed by atoms with Crippen molar-refractivity contribution in [2.24, 2.45) is 0 Å². The summed E-state index contributed by atoms with van der Waals surface area (Å²) in [6, 6.07) is 2.09. The second-order valence-corrected chi connectivity index (χ2v) is 5.07. The van der Waals surface area contributed by atoms with E-state index >= 15 is 0 Å². The maximum Gasteiger partial charge on any atom is 0.290 e. The van der Waals surface area contributed by atoms with Crippen LogP contribution >= 0.6 is 0 Å². The molecule has 1 unspecified atom stereocenters. The number of nitrogens with one attached hydrogen (secondary N) is 2. The maximum absolute atomic E-state index is 11.8. The van der Waals surface area contributed by atoms with Crippen LogP contribution in [0.1, 0.15) is 18.5 Å². The highest BCUT2D eigenvalue weighted by Crippen LogP contribution is 2.17. The summed E-state index contributed by atoms with van der Waals surface area (Å²) in [5.41, 5.74) is 0.108. The molecule has 2 N–H and O–H groups in total. The van der Waals surface area contributed by atoms with Crippen molar-refractivity contribution in [2.75, 3.05) is 23.3 Å². The molecule has 0 saturated carbocycles. The van der Waals surface area contributed by atoms with E-state index in [2.05, 4.69) is 25.3 Å². The van der Waals surface area contributed by atoms with Gasteiger partial charge in [-0.3, -0.25) is 4.79 Å². The molecule has 0 amide bonds. The number of hydrogen-bond donors (Lipinski definition) is 2. The first-order valence-electron chi connectivity index (χ1n) is 7.03. The van der Waals surface area contributed by atoms with E-state index in [9.17, 15) is 4.79 Å². The molecule has 0 aromatic carbocycles. The summed E-state index contributed by atoms with van der Waals surface area (Å²) in [5, 5.41) is 12.0. The fourth-order valence-corrected chi connectivity index (χ4v) is 2.53. The van der Waals surface area contributed by atoms with Gasteiger partial charge < -0.3 is 15.2 Å². The van der Waals surface area contributed by atoms with Gasteiger partial charge in [-0.15, -0.1) is 0 Å². The number of piperidine rings is 1. The Labute approximate surface area is 126 Å². The van der Waals surface area contributed by atoms with Crippen molar-refractivity contribution in [3.8, 4) is 6.07 Å². The number of rotatable bonds is 3. The van der Waals surface area contributed by atoms with E-state index in [1.165, 1.54) is 12.4 Å². The standard InChI is InChI=1S/C14H15N7O/c15-6-11-7-19-12(8-18-11)20-10-2-1-5-21(9-10)13-14(22)17-4-3-16-13/h3-4,7-8,10H,1-2,5,9H2,(H,17,22)(H,19,20). The van der Waals surface area contributed by atoms with Crippen molar-refractivity contribution in [3.05, 3.63) is 40.8 Å². The van der Waals surface area contributed by atoms with Crippen molar-refractivity contribution < 1.29 is 0 Å². The zero-order chi connectivity index (χ0) is 15.4. The molecule has 0 aliphatic carbocycles. The number of aromatic amines is 1. The molecule has 0 radical (unpaired) electrons. The zero-order valence-electron chi connectivity index (χ0n) is 11.9. The number of nitriles is 1. The first-order valence-corrected chi connectivity index (χ1v) is 7.03. The van der Waals surface area contributed by atoms with Gasteiger partial charge in [0.25, 0.3) is 5.56 Å². The van der Waals surface area contributed by atoms with Gasteiger partial charge in [0.05, 0.1) is 12.4 Å². The number of hydrogen-bond acceptors (Lipinski definition) is 7. The van der Waals surface area contributed by atoms with Gasteiger partial charge >= 0.3 is 0 Å². The Bertz CT molecular complexity index is 734. The van der Waals surface area contributed by atoms with Gasteiger partial charge in [-0.1, -0.05) is 0 Å². The molecule has 2 aromatic rings. The number of anilines is 2. The van der Waals surface area contributed by atoms with Gasteiger partial charge in [-0.25, -0.2) is 15.0 Å². The molecule has 8 nitrogen and oxygen atoms in total. The van der Waals surface area contributed by atoms with Crippen molar-refractivity contribution in [2.45, 2.75) is 18.9 Å². The molecule has 3 heterocycles. The summed E-state index contributed by atoms with van der Waals surface area (Å²) in [4.78, 5) is 28.7. The Balaban J connectivity index is 1.69. The summed E-state index contributed by atoms with van der Waals surface area (Å²) >= 11 is 0. The fourth-order valence-electron chi connectivity index (χ4n) is 2.53. The smallest absolute Gasteiger partial charge is 0.290 e. The lowest BCUT2D eigenvalue weighted by atomic mass is 10.1. The average molecular weight is 297 g/mol. The van der Waals surface area contributed by atoms with E-state index < -0.39 is 0 Å². The molecule has 0 spiro atoms. The Kier molecular flexibility index (Phi) is 3.96. The van der Waals surface area contributed by atoms with Crippen molar-refractivity contribution in [3.63, 3.8) is 0 Å². The first-order chi connectivity index (χ1) is 10.8. The molecule has 1 atom stereocenters. The van der Waals surface area contributed by atoms with Gasteiger partial charge in [-0.2, -0.15) is 5.26 Å². The highest BCUT2D eigenvalue weighted by molar-refractivity contribution is 5.39. The molecular weight excluding hydrogens is 282 g/mol. The van der Waals surface area contributed by atoms with Gasteiger partial charge in [0, 0.05) is 31.5 Å². The Morgan fingerprint density at radius 2 is 2.27 bits per heavy atom. The molecule has 2 aromatic heterocycles. The molecule has 0 bridgehead atoms. The van der Waals surface area contributed by atoms with E-state index in [1.54, 1.807) is 12.4 Å². The summed E-state index contributed by atoms with van der Waals surface area (Å²) in [6.07, 6.45) is 8.02. The Morgan fingerprint density at radius 1 is 1.36 bits per heavy atom. The zero-order valence-corrected chi connectivity index (χ0v) is 11.9. The summed E-state index contributed by atoms with van der Waals surface area (Å²) in [6.45, 7) is 1.47. The molecule has 1 fully saturated rings. The van der Waals surface area contributed by atoms with Gasteiger partial charge in [0.2, 0.25) is 0 Å². The van der Waals surface area contributed by atoms with Crippen molar-refractivity contribution in [1.82, 2.24) is 19.9 Å². The molecule has 112 valence electrons. The minimum atomic E-state index is -0.179. The first kappa shape index (κ1) is 14.0. The number of aromatic nitrogens is 4. The summed E-state index contributed by atoms with van der Waals surface area (Å²) in [7, 11) is 0. The monoisotopic (exact) mass is 297 g/mol. The molecule has 1 saturated heterocycles. The largest absolute Gasteiger partial charge is 0.364 e. The average Bonchev–Trinajstić information content (AvgIpc) is 2.56. The van der Waals surface area contributed by atoms with E-state index in [4.69, 9.17) is 5.26 Å². The predicted octanol–water partition coefficient (Wildman–Crippen LogP) is 0.512. The molecule has 1 aliphatic heterocycles. The molecule has 1 aliphatic rings. The van der Waals surface area contributed by atoms with Crippen LogP contribution in [-0.4, -0.2) is 39.1 Å². The minimum Gasteiger partial charge on any atom is -0.364 e. The SMILES string of the molecule is N#Cc1cnc(NC2CCCN(c3ncc[nH]c3=O)C2)cn1. The van der Waals surface area contributed by atoms with Crippen LogP contribution in [0.3, 0.4) is 0 Å². The van der Waals surface area contributed by atoms with Crippen molar-refractivity contribution in [1.29, 1.82) is 5.26 Å². The van der Waals surface area contributed by atoms with Gasteiger partial charge in [0.1, 0.15) is 11.9 Å². The third kappa shape index (κ3) is 3.03. The topological polar surface area (TPSA) is 111 Å². The Hall–Kier alpha value is -2.95. The van der Waals surface area contributed by atoms with Crippen LogP contribution in [-0.2, 0) is 0 Å². The second kappa shape index (κ2) is 6.22. The highest BCUT2D eigenvalue weighted by atomic mass is 16.1. The second-order valence-electron chi connectivity index (χ2n) is 5.07. The van der Waals surface area contributed by atoms with Crippen LogP contribution in [0.5, 0.6) is 0 Å². The van der Waals surface area contributed by atoms with Crippen LogP contribution in [0.15, 0.2) is 29.6 Å². The summed E-state index contributed by atoms with van der Waals surface area (Å²) in [5.74, 6) is 1.07. The normalized spacial score (nSPS) is 17.8. The highest BCUT2D eigenvalue weighted by Gasteiger charge is 2.22. The van der Waals surface area contributed by atoms with E-state index in [0.717, 1.165) is 19.4 Å². The molecule has 22 heavy (non-hydrogen) atoms. The molecule has 3 rings (SSSR count). The van der Waals surface area contributed by atoms with Crippen LogP contribution in [0.4, 0.5) is 11.6 Å². The van der Waals surface area contributed by atoms with Crippen LogP contribution < -0.4 is 15.8 Å². The van der Waals surface area contributed by atoms with E-state index in [0.29, 0.717) is 18.2 Å². The third-order valence-electron chi connectivity index (χ3n) is 3.53. The lowest BCUT2D eigenvalue weighted by Gasteiger charge is -2.33. The quantitative estimate of drug-likeness (QED) is 0.849. The van der Waals surface area contributed by atoms with Crippen LogP contribution in [0.2, 0.25) is 0 Å².